The van der Waals surface area contributed by atoms with Crippen LogP contribution in [0.1, 0.15) is 10.4 Å². The molecule has 0 radical (unpaired) electrons. The van der Waals surface area contributed by atoms with Crippen molar-refractivity contribution in [3.8, 4) is 0 Å². The van der Waals surface area contributed by atoms with Crippen molar-refractivity contribution in [2.75, 3.05) is 24.2 Å². The van der Waals surface area contributed by atoms with Gasteiger partial charge in [0.1, 0.15) is 6.04 Å². The van der Waals surface area contributed by atoms with Crippen molar-refractivity contribution < 1.29 is 27.6 Å². The summed E-state index contributed by atoms with van der Waals surface area (Å²) in [6, 6.07) is 7.56. The van der Waals surface area contributed by atoms with Crippen LogP contribution in [0.2, 0.25) is 0 Å². The number of alkyl halides is 3. The zero-order valence-electron chi connectivity index (χ0n) is 17.6. The molecule has 11 heteroatoms. The summed E-state index contributed by atoms with van der Waals surface area (Å²) in [6.07, 6.45) is -0.979. The lowest BCUT2D eigenvalue weighted by atomic mass is 9.89. The van der Waals surface area contributed by atoms with E-state index in [2.05, 4.69) is 4.98 Å². The van der Waals surface area contributed by atoms with Crippen molar-refractivity contribution in [3.05, 3.63) is 60.6 Å². The van der Waals surface area contributed by atoms with Gasteiger partial charge in [-0.05, 0) is 30.1 Å². The van der Waals surface area contributed by atoms with Crippen LogP contribution in [-0.2, 0) is 4.79 Å². The molecule has 4 rings (SSSR count). The Hall–Kier alpha value is -3.34. The first kappa shape index (κ1) is 22.8. The predicted octanol–water partition coefficient (Wildman–Crippen LogP) is 4.03. The molecular weight excluding hydrogens is 457 g/mol. The number of rotatable bonds is 4. The summed E-state index contributed by atoms with van der Waals surface area (Å²) in [5.74, 6) is -3.92. The molecule has 1 aliphatic heterocycles. The van der Waals surface area contributed by atoms with Crippen molar-refractivity contribution in [2.45, 2.75) is 12.2 Å². The number of carbonyl (C=O) groups is 3. The fourth-order valence-electron chi connectivity index (χ4n) is 3.84. The maximum Gasteiger partial charge on any atom is 0.452 e. The molecule has 172 valence electrons. The molecule has 1 aliphatic rings. The van der Waals surface area contributed by atoms with Gasteiger partial charge in [0.05, 0.1) is 23.3 Å². The highest BCUT2D eigenvalue weighted by molar-refractivity contribution is 8.01. The highest BCUT2D eigenvalue weighted by atomic mass is 32.2. The molecule has 1 saturated heterocycles. The van der Waals surface area contributed by atoms with E-state index in [0.29, 0.717) is 16.6 Å². The summed E-state index contributed by atoms with van der Waals surface area (Å²) in [5.41, 5.74) is 0.845. The van der Waals surface area contributed by atoms with Crippen LogP contribution in [0.25, 0.3) is 10.9 Å². The normalized spacial score (nSPS) is 18.5. The van der Waals surface area contributed by atoms with E-state index in [4.69, 9.17) is 0 Å². The van der Waals surface area contributed by atoms with Crippen LogP contribution in [0.5, 0.6) is 0 Å². The third-order valence-electron chi connectivity index (χ3n) is 5.38. The Morgan fingerprint density at radius 2 is 1.85 bits per heavy atom. The minimum atomic E-state index is -5.12. The van der Waals surface area contributed by atoms with Crippen molar-refractivity contribution in [1.29, 1.82) is 0 Å². The number of para-hydroxylation sites is 1. The number of anilines is 1. The molecule has 1 fully saturated rings. The molecule has 7 nitrogen and oxygen atoms in total. The maximum atomic E-state index is 13.6. The van der Waals surface area contributed by atoms with Gasteiger partial charge in [-0.25, -0.2) is 4.79 Å². The highest BCUT2D eigenvalue weighted by Crippen LogP contribution is 2.41. The summed E-state index contributed by atoms with van der Waals surface area (Å²) in [6.45, 7) is 0. The standard InChI is InChI=1S/C22H19F3N4O3S/c1-27(2)21(32)28-11-15(14-7-3-4-8-17(14)28)19(30)16-12-33-29(13-6-5-9-26-10-13)18(16)20(31)22(23,24)25/h3-11,16,18H,12H2,1-2H3/t16-,18+/m1/s1. The third-order valence-corrected chi connectivity index (χ3v) is 6.60. The van der Waals surface area contributed by atoms with Crippen molar-refractivity contribution in [2.24, 2.45) is 5.92 Å². The van der Waals surface area contributed by atoms with E-state index in [9.17, 15) is 27.6 Å². The number of benzene rings is 1. The molecule has 1 aromatic carbocycles. The van der Waals surface area contributed by atoms with E-state index in [0.717, 1.165) is 11.9 Å². The molecule has 0 N–H and O–H groups in total. The second-order valence-corrected chi connectivity index (χ2v) is 8.70. The lowest BCUT2D eigenvalue weighted by Gasteiger charge is -2.27. The Morgan fingerprint density at radius 3 is 2.48 bits per heavy atom. The van der Waals surface area contributed by atoms with Gasteiger partial charge in [-0.15, -0.1) is 0 Å². The lowest BCUT2D eigenvalue weighted by molar-refractivity contribution is -0.172. The van der Waals surface area contributed by atoms with E-state index < -0.39 is 35.7 Å². The second kappa shape index (κ2) is 8.54. The number of nitrogens with zero attached hydrogens (tertiary/aromatic N) is 4. The van der Waals surface area contributed by atoms with Crippen molar-refractivity contribution >= 4 is 46.1 Å². The van der Waals surface area contributed by atoms with E-state index in [1.807, 2.05) is 0 Å². The van der Waals surface area contributed by atoms with Crippen LogP contribution in [0.15, 0.2) is 55.0 Å². The Kier molecular flexibility index (Phi) is 5.91. The zero-order valence-corrected chi connectivity index (χ0v) is 18.4. The first-order chi connectivity index (χ1) is 15.6. The zero-order chi connectivity index (χ0) is 23.9. The summed E-state index contributed by atoms with van der Waals surface area (Å²) in [7, 11) is 3.10. The first-order valence-electron chi connectivity index (χ1n) is 9.90. The fourth-order valence-corrected chi connectivity index (χ4v) is 5.16. The molecule has 33 heavy (non-hydrogen) atoms. The third kappa shape index (κ3) is 4.08. The molecular formula is C22H19F3N4O3S. The number of Topliss-reactive ketones (excluding diaryl/α,β-unsaturated/α-hetero) is 2. The minimum Gasteiger partial charge on any atom is -0.330 e. The van der Waals surface area contributed by atoms with E-state index in [1.165, 1.54) is 38.4 Å². The topological polar surface area (TPSA) is 75.5 Å². The van der Waals surface area contributed by atoms with Gasteiger partial charge in [0.2, 0.25) is 0 Å². The number of ketones is 2. The molecule has 3 heterocycles. The molecule has 0 saturated carbocycles. The van der Waals surface area contributed by atoms with Crippen LogP contribution in [-0.4, -0.2) is 64.1 Å². The number of amides is 1. The SMILES string of the molecule is CN(C)C(=O)n1cc(C(=O)[C@@H]2CSN(c3cccnc3)[C@@H]2C(=O)C(F)(F)F)c2ccccc21. The number of hydrogen-bond donors (Lipinski definition) is 0. The number of hydrogen-bond acceptors (Lipinski definition) is 6. The second-order valence-electron chi connectivity index (χ2n) is 7.72. The van der Waals surface area contributed by atoms with Gasteiger partial charge in [0.15, 0.2) is 5.78 Å². The summed E-state index contributed by atoms with van der Waals surface area (Å²) in [4.78, 5) is 43.9. The molecule has 0 aliphatic carbocycles. The largest absolute Gasteiger partial charge is 0.452 e. The number of fused-ring (bicyclic) bond motifs is 1. The Bertz CT molecular complexity index is 1230. The van der Waals surface area contributed by atoms with E-state index >= 15 is 0 Å². The van der Waals surface area contributed by atoms with Crippen LogP contribution in [0.3, 0.4) is 0 Å². The molecule has 1 amide bonds. The smallest absolute Gasteiger partial charge is 0.330 e. The van der Waals surface area contributed by atoms with Gasteiger partial charge in [-0.3, -0.25) is 19.1 Å². The molecule has 0 spiro atoms. The molecule has 2 atom stereocenters. The van der Waals surface area contributed by atoms with E-state index in [1.54, 1.807) is 44.4 Å². The fraction of sp³-hybridized carbons (Fsp3) is 0.273. The lowest BCUT2D eigenvalue weighted by Crippen LogP contribution is -2.47. The minimum absolute atomic E-state index is 0.0264. The molecule has 0 bridgehead atoms. The number of pyridine rings is 1. The number of carbonyl (C=O) groups excluding carboxylic acids is 3. The Morgan fingerprint density at radius 1 is 1.12 bits per heavy atom. The van der Waals surface area contributed by atoms with Crippen LogP contribution < -0.4 is 4.31 Å². The highest BCUT2D eigenvalue weighted by Gasteiger charge is 2.54. The average molecular weight is 476 g/mol. The van der Waals surface area contributed by atoms with E-state index in [-0.39, 0.29) is 11.3 Å². The molecule has 3 aromatic rings. The maximum absolute atomic E-state index is 13.6. The van der Waals surface area contributed by atoms with Gasteiger partial charge >= 0.3 is 12.2 Å². The van der Waals surface area contributed by atoms with Crippen LogP contribution in [0, 0.1) is 5.92 Å². The summed E-state index contributed by atoms with van der Waals surface area (Å²) < 4.78 is 43.0. The number of aromatic nitrogens is 2. The monoisotopic (exact) mass is 476 g/mol. The predicted molar refractivity (Wildman–Crippen MR) is 118 cm³/mol. The van der Waals surface area contributed by atoms with Gasteiger partial charge < -0.3 is 9.21 Å². The van der Waals surface area contributed by atoms with Gasteiger partial charge in [-0.1, -0.05) is 18.2 Å². The quantitative estimate of drug-likeness (QED) is 0.418. The summed E-state index contributed by atoms with van der Waals surface area (Å²) >= 11 is 0.972. The summed E-state index contributed by atoms with van der Waals surface area (Å²) in [5, 5.41) is 0.431. The van der Waals surface area contributed by atoms with Crippen molar-refractivity contribution in [1.82, 2.24) is 14.5 Å². The first-order valence-corrected chi connectivity index (χ1v) is 10.8. The van der Waals surface area contributed by atoms with Gasteiger partial charge in [0.25, 0.3) is 5.78 Å². The Balaban J connectivity index is 1.79. The molecule has 0 unspecified atom stereocenters. The van der Waals surface area contributed by atoms with Gasteiger partial charge in [0, 0.05) is 43.2 Å². The van der Waals surface area contributed by atoms with Gasteiger partial charge in [-0.2, -0.15) is 13.2 Å². The van der Waals surface area contributed by atoms with Crippen LogP contribution in [0.4, 0.5) is 23.7 Å². The Labute approximate surface area is 191 Å². The molecule has 2 aromatic heterocycles. The van der Waals surface area contributed by atoms with Crippen molar-refractivity contribution in [3.63, 3.8) is 0 Å². The average Bonchev–Trinajstić information content (AvgIpc) is 3.40. The van der Waals surface area contributed by atoms with Crippen LogP contribution >= 0.6 is 11.9 Å². The number of halogens is 3.